The molecule has 142 valence electrons. The molecule has 2 aromatic rings. The molecule has 0 bridgehead atoms. The predicted molar refractivity (Wildman–Crippen MR) is 107 cm³/mol. The third kappa shape index (κ3) is 4.43. The van der Waals surface area contributed by atoms with Gasteiger partial charge in [-0.25, -0.2) is 14.3 Å². The van der Waals surface area contributed by atoms with Crippen LogP contribution in [-0.2, 0) is 4.79 Å². The van der Waals surface area contributed by atoms with Gasteiger partial charge in [-0.15, -0.1) is 5.10 Å². The molecule has 0 spiro atoms. The monoisotopic (exact) mass is 367 g/mol. The summed E-state index contributed by atoms with van der Waals surface area (Å²) in [5, 5.41) is 17.2. The first-order valence-corrected chi connectivity index (χ1v) is 9.04. The van der Waals surface area contributed by atoms with Crippen molar-refractivity contribution in [1.29, 1.82) is 0 Å². The van der Waals surface area contributed by atoms with Crippen molar-refractivity contribution in [2.75, 3.05) is 25.5 Å². The number of piperidine rings is 1. The molecule has 1 fully saturated rings. The van der Waals surface area contributed by atoms with E-state index in [1.54, 1.807) is 16.8 Å². The van der Waals surface area contributed by atoms with E-state index < -0.39 is 5.97 Å². The number of imidazole rings is 1. The molecule has 1 aliphatic rings. The molecule has 1 saturated heterocycles. The number of aromatic nitrogens is 3. The Balaban J connectivity index is 1.84. The number of anilines is 1. The first kappa shape index (κ1) is 18.8. The molecule has 0 aliphatic carbocycles. The van der Waals surface area contributed by atoms with Crippen LogP contribution < -0.4 is 5.32 Å². The number of carboxylic acids is 1. The summed E-state index contributed by atoms with van der Waals surface area (Å²) in [4.78, 5) is 17.7. The lowest BCUT2D eigenvalue weighted by Crippen LogP contribution is -2.36. The number of fused-ring (bicyclic) bond motifs is 1. The van der Waals surface area contributed by atoms with E-state index in [2.05, 4.69) is 28.8 Å². The first-order valence-electron chi connectivity index (χ1n) is 9.04. The number of carbonyl (C=O) groups is 1. The normalized spacial score (nSPS) is 16.9. The van der Waals surface area contributed by atoms with Gasteiger partial charge in [0.05, 0.1) is 17.5 Å². The van der Waals surface area contributed by atoms with Crippen molar-refractivity contribution in [3.05, 3.63) is 54.4 Å². The summed E-state index contributed by atoms with van der Waals surface area (Å²) < 4.78 is 1.78. The van der Waals surface area contributed by atoms with E-state index in [0.717, 1.165) is 48.7 Å². The highest BCUT2D eigenvalue weighted by Gasteiger charge is 2.17. The highest BCUT2D eigenvalue weighted by atomic mass is 16.4. The van der Waals surface area contributed by atoms with Crippen LogP contribution in [0.4, 0.5) is 5.82 Å². The van der Waals surface area contributed by atoms with Gasteiger partial charge in [-0.1, -0.05) is 18.7 Å². The van der Waals surface area contributed by atoms with Crippen molar-refractivity contribution in [3.63, 3.8) is 0 Å². The zero-order valence-corrected chi connectivity index (χ0v) is 15.7. The SMILES string of the molecule is C=C(C=CC(=CC)c1cnc2ccc(NC3CCN(C)CC3)nn12)C(=O)O. The fourth-order valence-corrected chi connectivity index (χ4v) is 3.10. The molecule has 0 radical (unpaired) electrons. The molecule has 3 heterocycles. The van der Waals surface area contributed by atoms with Crippen molar-refractivity contribution in [2.45, 2.75) is 25.8 Å². The molecular formula is C20H25N5O2. The van der Waals surface area contributed by atoms with Crippen LogP contribution in [0.5, 0.6) is 0 Å². The minimum atomic E-state index is -1.04. The van der Waals surface area contributed by atoms with Crippen LogP contribution in [0.3, 0.4) is 0 Å². The van der Waals surface area contributed by atoms with E-state index >= 15 is 0 Å². The van der Waals surface area contributed by atoms with Crippen LogP contribution in [0, 0.1) is 0 Å². The maximum atomic E-state index is 10.9. The van der Waals surface area contributed by atoms with Crippen LogP contribution in [0.2, 0.25) is 0 Å². The summed E-state index contributed by atoms with van der Waals surface area (Å²) in [6.45, 7) is 7.58. The number of aliphatic carboxylic acids is 1. The van der Waals surface area contributed by atoms with E-state index in [-0.39, 0.29) is 5.57 Å². The molecule has 27 heavy (non-hydrogen) atoms. The largest absolute Gasteiger partial charge is 0.478 e. The lowest BCUT2D eigenvalue weighted by molar-refractivity contribution is -0.132. The molecular weight excluding hydrogens is 342 g/mol. The maximum absolute atomic E-state index is 10.9. The van der Waals surface area contributed by atoms with Gasteiger partial charge < -0.3 is 15.3 Å². The predicted octanol–water partition coefficient (Wildman–Crippen LogP) is 2.84. The highest BCUT2D eigenvalue weighted by molar-refractivity contribution is 5.90. The van der Waals surface area contributed by atoms with Crippen LogP contribution >= 0.6 is 0 Å². The number of carboxylic acid groups (broad SMARTS) is 1. The molecule has 0 atom stereocenters. The Morgan fingerprint density at radius 1 is 1.33 bits per heavy atom. The van der Waals surface area contributed by atoms with Crippen molar-refractivity contribution < 1.29 is 9.90 Å². The van der Waals surface area contributed by atoms with Gasteiger partial charge in [0.15, 0.2) is 5.65 Å². The van der Waals surface area contributed by atoms with Gasteiger partial charge in [0.2, 0.25) is 0 Å². The Bertz CT molecular complexity index is 904. The Kier molecular flexibility index (Phi) is 5.71. The first-order chi connectivity index (χ1) is 13.0. The van der Waals surface area contributed by atoms with Crippen LogP contribution in [0.15, 0.2) is 48.7 Å². The average Bonchev–Trinajstić information content (AvgIpc) is 3.07. The van der Waals surface area contributed by atoms with Gasteiger partial charge >= 0.3 is 5.97 Å². The van der Waals surface area contributed by atoms with Gasteiger partial charge in [-0.05, 0) is 63.7 Å². The van der Waals surface area contributed by atoms with Crippen molar-refractivity contribution in [2.24, 2.45) is 0 Å². The molecule has 0 unspecified atom stereocenters. The number of nitrogens with one attached hydrogen (secondary N) is 1. The molecule has 0 amide bonds. The average molecular weight is 367 g/mol. The summed E-state index contributed by atoms with van der Waals surface area (Å²) in [6.07, 6.45) is 9.02. The Labute approximate surface area is 158 Å². The number of rotatable bonds is 6. The number of allylic oxidation sites excluding steroid dienone is 3. The number of nitrogens with zero attached hydrogens (tertiary/aromatic N) is 4. The topological polar surface area (TPSA) is 82.8 Å². The van der Waals surface area contributed by atoms with Crippen molar-refractivity contribution in [1.82, 2.24) is 19.5 Å². The molecule has 0 aromatic carbocycles. The summed E-state index contributed by atoms with van der Waals surface area (Å²) in [5.74, 6) is -0.228. The second kappa shape index (κ2) is 8.18. The van der Waals surface area contributed by atoms with E-state index in [9.17, 15) is 4.79 Å². The molecule has 2 N–H and O–H groups in total. The second-order valence-electron chi connectivity index (χ2n) is 6.76. The van der Waals surface area contributed by atoms with E-state index in [4.69, 9.17) is 10.2 Å². The number of hydrogen-bond acceptors (Lipinski definition) is 5. The quantitative estimate of drug-likeness (QED) is 0.603. The van der Waals surface area contributed by atoms with Crippen LogP contribution in [0.1, 0.15) is 25.5 Å². The van der Waals surface area contributed by atoms with Crippen molar-refractivity contribution in [3.8, 4) is 0 Å². The number of likely N-dealkylation sites (tertiary alicyclic amines) is 1. The highest BCUT2D eigenvalue weighted by Crippen LogP contribution is 2.20. The standard InChI is InChI=1S/C20H25N5O2/c1-4-15(6-5-14(2)20(26)27)17-13-21-19-8-7-18(23-25(17)19)22-16-9-11-24(3)12-10-16/h4-8,13,16H,2,9-12H2,1,3H3,(H,22,23)(H,26,27). The Morgan fingerprint density at radius 2 is 2.07 bits per heavy atom. The molecule has 0 saturated carbocycles. The van der Waals surface area contributed by atoms with Gasteiger partial charge in [0.1, 0.15) is 5.82 Å². The summed E-state index contributed by atoms with van der Waals surface area (Å²) in [6, 6.07) is 4.29. The van der Waals surface area contributed by atoms with Gasteiger partial charge in [0, 0.05) is 6.04 Å². The Morgan fingerprint density at radius 3 is 2.74 bits per heavy atom. The zero-order chi connectivity index (χ0) is 19.4. The van der Waals surface area contributed by atoms with Gasteiger partial charge in [0.25, 0.3) is 0 Å². The lowest BCUT2D eigenvalue weighted by Gasteiger charge is -2.29. The van der Waals surface area contributed by atoms with E-state index in [1.807, 2.05) is 25.1 Å². The van der Waals surface area contributed by atoms with Gasteiger partial charge in [-0.3, -0.25) is 0 Å². The molecule has 7 heteroatoms. The lowest BCUT2D eigenvalue weighted by atomic mass is 10.1. The fraction of sp³-hybridized carbons (Fsp3) is 0.350. The summed E-state index contributed by atoms with van der Waals surface area (Å²) >= 11 is 0. The third-order valence-corrected chi connectivity index (χ3v) is 4.78. The molecule has 2 aromatic heterocycles. The summed E-state index contributed by atoms with van der Waals surface area (Å²) in [7, 11) is 2.14. The summed E-state index contributed by atoms with van der Waals surface area (Å²) in [5.41, 5.74) is 2.40. The molecule has 7 nitrogen and oxygen atoms in total. The van der Waals surface area contributed by atoms with Crippen LogP contribution in [0.25, 0.3) is 11.2 Å². The minimum Gasteiger partial charge on any atom is -0.478 e. The van der Waals surface area contributed by atoms with Crippen molar-refractivity contribution >= 4 is 23.0 Å². The van der Waals surface area contributed by atoms with Crippen LogP contribution in [-0.4, -0.2) is 56.8 Å². The Hall–Kier alpha value is -2.93. The second-order valence-corrected chi connectivity index (χ2v) is 6.76. The maximum Gasteiger partial charge on any atom is 0.335 e. The fourth-order valence-electron chi connectivity index (χ4n) is 3.10. The minimum absolute atomic E-state index is 0.0285. The zero-order valence-electron chi connectivity index (χ0n) is 15.7. The third-order valence-electron chi connectivity index (χ3n) is 4.78. The molecule has 3 rings (SSSR count). The van der Waals surface area contributed by atoms with Gasteiger partial charge in [-0.2, -0.15) is 0 Å². The molecule has 1 aliphatic heterocycles. The van der Waals surface area contributed by atoms with E-state index in [0.29, 0.717) is 6.04 Å². The smallest absolute Gasteiger partial charge is 0.335 e. The number of hydrogen-bond donors (Lipinski definition) is 2. The van der Waals surface area contributed by atoms with E-state index in [1.165, 1.54) is 6.08 Å².